The maximum absolute atomic E-state index is 14.1. The highest BCUT2D eigenvalue weighted by molar-refractivity contribution is 4.98. The number of ether oxygens (including phenoxy) is 1. The molecule has 0 aromatic heterocycles. The molecule has 3 rings (SSSR count). The number of allylic oxidation sites excluding steroid dienone is 1. The van der Waals surface area contributed by atoms with E-state index in [0.29, 0.717) is 11.8 Å². The van der Waals surface area contributed by atoms with E-state index in [0.717, 1.165) is 50.9 Å². The Morgan fingerprint density at radius 1 is 1.00 bits per heavy atom. The molecule has 1 heterocycles. The van der Waals surface area contributed by atoms with E-state index in [2.05, 4.69) is 13.5 Å². The summed E-state index contributed by atoms with van der Waals surface area (Å²) in [6.45, 7) is 6.05. The summed E-state index contributed by atoms with van der Waals surface area (Å²) >= 11 is 0. The first-order chi connectivity index (χ1) is 11.0. The number of rotatable bonds is 5. The van der Waals surface area contributed by atoms with E-state index in [-0.39, 0.29) is 12.0 Å². The van der Waals surface area contributed by atoms with Crippen molar-refractivity contribution in [2.75, 3.05) is 0 Å². The van der Waals surface area contributed by atoms with Gasteiger partial charge in [-0.1, -0.05) is 38.7 Å². The maximum atomic E-state index is 14.1. The van der Waals surface area contributed by atoms with E-state index in [1.54, 1.807) is 0 Å². The van der Waals surface area contributed by atoms with Crippen molar-refractivity contribution >= 4 is 0 Å². The maximum Gasteiger partial charge on any atom is 0.361 e. The zero-order valence-corrected chi connectivity index (χ0v) is 14.5. The molecular weight excluding hydrogens is 294 g/mol. The van der Waals surface area contributed by atoms with Crippen molar-refractivity contribution in [3.8, 4) is 0 Å². The Bertz CT molecular complexity index is 392. The van der Waals surface area contributed by atoms with Gasteiger partial charge in [-0.3, -0.25) is 0 Å². The molecule has 0 radical (unpaired) electrons. The van der Waals surface area contributed by atoms with Crippen LogP contribution in [0.5, 0.6) is 0 Å². The van der Waals surface area contributed by atoms with Gasteiger partial charge in [0.25, 0.3) is 0 Å². The standard InChI is InChI=1S/C20H32F2O/c1-3-4-5-15-8-12-16(13-9-15)18-19(23-20(18,21)22)17-10-6-14(2)7-11-17/h3,14-19H,1,4-13H2,2H3/t14?,15?,16?,17?,18-,19-/m0/s1. The highest BCUT2D eigenvalue weighted by Crippen LogP contribution is 2.55. The molecule has 0 aromatic rings. The van der Waals surface area contributed by atoms with Gasteiger partial charge in [0.15, 0.2) is 0 Å². The Hall–Kier alpha value is -0.440. The van der Waals surface area contributed by atoms with Gasteiger partial charge < -0.3 is 4.74 Å². The van der Waals surface area contributed by atoms with Crippen LogP contribution in [0, 0.1) is 29.6 Å². The molecule has 0 amide bonds. The van der Waals surface area contributed by atoms with Crippen LogP contribution in [-0.2, 0) is 4.74 Å². The van der Waals surface area contributed by atoms with Crippen LogP contribution >= 0.6 is 0 Å². The van der Waals surface area contributed by atoms with Gasteiger partial charge in [-0.2, -0.15) is 8.78 Å². The third kappa shape index (κ3) is 3.81. The Kier molecular flexibility index (Phi) is 5.45. The molecule has 2 saturated carbocycles. The molecule has 0 spiro atoms. The van der Waals surface area contributed by atoms with Gasteiger partial charge in [0.05, 0.1) is 12.0 Å². The summed E-state index contributed by atoms with van der Waals surface area (Å²) < 4.78 is 33.4. The first-order valence-electron chi connectivity index (χ1n) is 9.67. The molecule has 23 heavy (non-hydrogen) atoms. The molecule has 3 aliphatic rings. The predicted octanol–water partition coefficient (Wildman–Crippen LogP) is 6.19. The van der Waals surface area contributed by atoms with Crippen molar-refractivity contribution in [1.82, 2.24) is 0 Å². The molecule has 0 N–H and O–H groups in total. The zero-order valence-electron chi connectivity index (χ0n) is 14.5. The van der Waals surface area contributed by atoms with Gasteiger partial charge in [-0.25, -0.2) is 0 Å². The summed E-state index contributed by atoms with van der Waals surface area (Å²) in [6.07, 6.45) is 9.82. The molecule has 1 saturated heterocycles. The fourth-order valence-corrected chi connectivity index (χ4v) is 5.19. The van der Waals surface area contributed by atoms with Crippen LogP contribution in [0.15, 0.2) is 12.7 Å². The first-order valence-corrected chi connectivity index (χ1v) is 9.67. The highest BCUT2D eigenvalue weighted by Gasteiger charge is 2.62. The lowest BCUT2D eigenvalue weighted by molar-refractivity contribution is -0.418. The summed E-state index contributed by atoms with van der Waals surface area (Å²) in [5, 5.41) is 0. The monoisotopic (exact) mass is 326 g/mol. The molecular formula is C20H32F2O. The summed E-state index contributed by atoms with van der Waals surface area (Å²) in [5.41, 5.74) is 0. The zero-order chi connectivity index (χ0) is 16.4. The van der Waals surface area contributed by atoms with E-state index in [4.69, 9.17) is 4.74 Å². The fraction of sp³-hybridized carbons (Fsp3) is 0.900. The van der Waals surface area contributed by atoms with E-state index in [9.17, 15) is 8.78 Å². The second-order valence-corrected chi connectivity index (χ2v) is 8.34. The first kappa shape index (κ1) is 17.4. The minimum Gasteiger partial charge on any atom is -0.316 e. The fourth-order valence-electron chi connectivity index (χ4n) is 5.19. The van der Waals surface area contributed by atoms with Crippen molar-refractivity contribution in [2.24, 2.45) is 29.6 Å². The summed E-state index contributed by atoms with van der Waals surface area (Å²) in [5.74, 6) is 1.50. The third-order valence-corrected chi connectivity index (χ3v) is 6.74. The van der Waals surface area contributed by atoms with E-state index in [1.165, 1.54) is 19.3 Å². The van der Waals surface area contributed by atoms with Crippen LogP contribution < -0.4 is 0 Å². The van der Waals surface area contributed by atoms with Crippen molar-refractivity contribution in [1.29, 1.82) is 0 Å². The van der Waals surface area contributed by atoms with Crippen molar-refractivity contribution < 1.29 is 13.5 Å². The molecule has 3 heteroatoms. The molecule has 2 atom stereocenters. The quantitative estimate of drug-likeness (QED) is 0.547. The average Bonchev–Trinajstić information content (AvgIpc) is 2.53. The number of hydrogen-bond acceptors (Lipinski definition) is 1. The Morgan fingerprint density at radius 2 is 1.61 bits per heavy atom. The minimum absolute atomic E-state index is 0.170. The van der Waals surface area contributed by atoms with Gasteiger partial charge in [0.1, 0.15) is 0 Å². The predicted molar refractivity (Wildman–Crippen MR) is 89.3 cm³/mol. The Balaban J connectivity index is 1.55. The lowest BCUT2D eigenvalue weighted by Crippen LogP contribution is -2.61. The van der Waals surface area contributed by atoms with Crippen LogP contribution in [0.25, 0.3) is 0 Å². The van der Waals surface area contributed by atoms with Gasteiger partial charge in [-0.15, -0.1) is 6.58 Å². The molecule has 0 unspecified atom stereocenters. The summed E-state index contributed by atoms with van der Waals surface area (Å²) in [4.78, 5) is 0. The average molecular weight is 326 g/mol. The number of hydrogen-bond donors (Lipinski definition) is 0. The van der Waals surface area contributed by atoms with Crippen molar-refractivity contribution in [3.63, 3.8) is 0 Å². The van der Waals surface area contributed by atoms with Gasteiger partial charge in [0.2, 0.25) is 0 Å². The summed E-state index contributed by atoms with van der Waals surface area (Å²) in [6, 6.07) is 0. The Morgan fingerprint density at radius 3 is 2.17 bits per heavy atom. The van der Waals surface area contributed by atoms with Gasteiger partial charge in [0, 0.05) is 0 Å². The van der Waals surface area contributed by atoms with Crippen LogP contribution in [0.3, 0.4) is 0 Å². The van der Waals surface area contributed by atoms with E-state index >= 15 is 0 Å². The number of halogens is 2. The molecule has 3 fully saturated rings. The second kappa shape index (κ2) is 7.21. The largest absolute Gasteiger partial charge is 0.361 e. The molecule has 132 valence electrons. The molecule has 0 bridgehead atoms. The topological polar surface area (TPSA) is 9.23 Å². The highest BCUT2D eigenvalue weighted by atomic mass is 19.3. The lowest BCUT2D eigenvalue weighted by Gasteiger charge is -2.53. The van der Waals surface area contributed by atoms with Gasteiger partial charge in [-0.05, 0) is 62.2 Å². The van der Waals surface area contributed by atoms with Crippen molar-refractivity contribution in [2.45, 2.75) is 83.3 Å². The smallest absolute Gasteiger partial charge is 0.316 e. The van der Waals surface area contributed by atoms with Crippen molar-refractivity contribution in [3.05, 3.63) is 12.7 Å². The molecule has 2 aliphatic carbocycles. The van der Waals surface area contributed by atoms with Gasteiger partial charge >= 0.3 is 6.11 Å². The molecule has 1 nitrogen and oxygen atoms in total. The van der Waals surface area contributed by atoms with Crippen LogP contribution in [0.4, 0.5) is 8.78 Å². The molecule has 0 aromatic carbocycles. The van der Waals surface area contributed by atoms with Crippen LogP contribution in [-0.4, -0.2) is 12.2 Å². The Labute approximate surface area is 139 Å². The van der Waals surface area contributed by atoms with Crippen LogP contribution in [0.1, 0.15) is 71.1 Å². The van der Waals surface area contributed by atoms with E-state index in [1.807, 2.05) is 6.08 Å². The number of alkyl halides is 2. The second-order valence-electron chi connectivity index (χ2n) is 8.34. The third-order valence-electron chi connectivity index (χ3n) is 6.74. The molecule has 1 aliphatic heterocycles. The minimum atomic E-state index is -2.87. The normalized spacial score (nSPS) is 43.6. The lowest BCUT2D eigenvalue weighted by atomic mass is 9.66. The van der Waals surface area contributed by atoms with E-state index < -0.39 is 12.0 Å². The SMILES string of the molecule is C=CCCC1CCC([C@H]2[C@H](C3CCC(C)CC3)OC2(F)F)CC1. The van der Waals surface area contributed by atoms with Crippen LogP contribution in [0.2, 0.25) is 0 Å². The summed E-state index contributed by atoms with van der Waals surface area (Å²) in [7, 11) is 0.